The van der Waals surface area contributed by atoms with Gasteiger partial charge >= 0.3 is 0 Å². The summed E-state index contributed by atoms with van der Waals surface area (Å²) >= 11 is 0. The van der Waals surface area contributed by atoms with Crippen LogP contribution in [0.1, 0.15) is 19.8 Å². The average molecular weight is 317 g/mol. The second-order valence-electron chi connectivity index (χ2n) is 4.82. The van der Waals surface area contributed by atoms with E-state index in [1.165, 1.54) is 6.07 Å². The summed E-state index contributed by atoms with van der Waals surface area (Å²) in [5.74, 6) is 0.321. The first-order valence-corrected chi connectivity index (χ1v) is 7.96. The van der Waals surface area contributed by atoms with Crippen molar-refractivity contribution in [3.8, 4) is 0 Å². The summed E-state index contributed by atoms with van der Waals surface area (Å²) in [4.78, 5) is 9.63. The van der Waals surface area contributed by atoms with E-state index in [1.807, 2.05) is 6.92 Å². The van der Waals surface area contributed by atoms with Crippen molar-refractivity contribution < 1.29 is 18.4 Å². The topological polar surface area (TPSA) is 136 Å². The highest BCUT2D eigenvalue weighted by Crippen LogP contribution is 2.26. The van der Waals surface area contributed by atoms with Crippen LogP contribution in [0.25, 0.3) is 0 Å². The van der Waals surface area contributed by atoms with E-state index in [4.69, 9.17) is 10.2 Å². The van der Waals surface area contributed by atoms with Crippen molar-refractivity contribution in [2.45, 2.75) is 24.7 Å². The van der Waals surface area contributed by atoms with Crippen LogP contribution in [0.5, 0.6) is 0 Å². The van der Waals surface area contributed by atoms with Gasteiger partial charge in [0.25, 0.3) is 5.69 Å². The van der Waals surface area contributed by atoms with Gasteiger partial charge in [0.2, 0.25) is 10.0 Å². The predicted octanol–water partition coefficient (Wildman–Crippen LogP) is 1.06. The van der Waals surface area contributed by atoms with Gasteiger partial charge in [-0.2, -0.15) is 0 Å². The molecule has 0 saturated heterocycles. The molecule has 0 radical (unpaired) electrons. The van der Waals surface area contributed by atoms with Gasteiger partial charge in [0.05, 0.1) is 4.92 Å². The molecule has 0 fully saturated rings. The molecule has 21 heavy (non-hydrogen) atoms. The molecule has 1 aromatic rings. The van der Waals surface area contributed by atoms with Crippen LogP contribution in [0, 0.1) is 16.0 Å². The highest BCUT2D eigenvalue weighted by molar-refractivity contribution is 7.89. The van der Waals surface area contributed by atoms with Crippen LogP contribution in [0.15, 0.2) is 23.1 Å². The summed E-state index contributed by atoms with van der Waals surface area (Å²) in [6.45, 7) is 2.67. The molecule has 118 valence electrons. The highest BCUT2D eigenvalue weighted by atomic mass is 32.2. The molecule has 0 heterocycles. The van der Waals surface area contributed by atoms with Crippen LogP contribution >= 0.6 is 0 Å². The van der Waals surface area contributed by atoms with Crippen molar-refractivity contribution in [3.05, 3.63) is 28.3 Å². The number of nitrogens with one attached hydrogen (secondary N) is 1. The van der Waals surface area contributed by atoms with Gasteiger partial charge in [-0.15, -0.1) is 0 Å². The lowest BCUT2D eigenvalue weighted by Crippen LogP contribution is -2.14. The lowest BCUT2D eigenvalue weighted by molar-refractivity contribution is -0.387. The minimum absolute atomic E-state index is 0.121. The van der Waals surface area contributed by atoms with Gasteiger partial charge in [-0.25, -0.2) is 13.6 Å². The molecular formula is C12H19N3O5S. The second-order valence-corrected chi connectivity index (χ2v) is 6.35. The van der Waals surface area contributed by atoms with Gasteiger partial charge in [-0.05, 0) is 30.9 Å². The third-order valence-electron chi connectivity index (χ3n) is 3.05. The normalized spacial score (nSPS) is 12.9. The molecule has 0 aromatic heterocycles. The first kappa shape index (κ1) is 17.3. The first-order valence-electron chi connectivity index (χ1n) is 6.41. The molecule has 0 aliphatic carbocycles. The van der Waals surface area contributed by atoms with Crippen LogP contribution in [0.2, 0.25) is 0 Å². The van der Waals surface area contributed by atoms with E-state index in [-0.39, 0.29) is 6.61 Å². The molecule has 1 aromatic carbocycles. The molecule has 1 atom stereocenters. The zero-order valence-electron chi connectivity index (χ0n) is 11.7. The van der Waals surface area contributed by atoms with E-state index in [1.54, 1.807) is 0 Å². The second kappa shape index (κ2) is 7.34. The smallest absolute Gasteiger partial charge is 0.291 e. The fourth-order valence-corrected chi connectivity index (χ4v) is 2.52. The Morgan fingerprint density at radius 1 is 1.43 bits per heavy atom. The maximum absolute atomic E-state index is 11.3. The Morgan fingerprint density at radius 3 is 2.62 bits per heavy atom. The Labute approximate surface area is 123 Å². The summed E-state index contributed by atoms with van der Waals surface area (Å²) in [5, 5.41) is 27.6. The van der Waals surface area contributed by atoms with Crippen LogP contribution in [0.3, 0.4) is 0 Å². The zero-order valence-corrected chi connectivity index (χ0v) is 12.5. The van der Waals surface area contributed by atoms with Crippen molar-refractivity contribution in [3.63, 3.8) is 0 Å². The van der Waals surface area contributed by atoms with E-state index in [0.29, 0.717) is 24.6 Å². The molecule has 0 aliphatic heterocycles. The van der Waals surface area contributed by atoms with Crippen molar-refractivity contribution in [2.75, 3.05) is 18.5 Å². The molecule has 1 unspecified atom stereocenters. The Morgan fingerprint density at radius 2 is 2.10 bits per heavy atom. The largest absolute Gasteiger partial charge is 0.396 e. The number of sulfonamides is 1. The summed E-state index contributed by atoms with van der Waals surface area (Å²) in [6.07, 6.45) is 1.47. The molecule has 0 spiro atoms. The number of nitrogens with two attached hydrogens (primary N) is 1. The van der Waals surface area contributed by atoms with Crippen LogP contribution in [-0.4, -0.2) is 31.6 Å². The van der Waals surface area contributed by atoms with Crippen molar-refractivity contribution in [2.24, 2.45) is 11.1 Å². The Kier molecular flexibility index (Phi) is 6.06. The summed E-state index contributed by atoms with van der Waals surface area (Å²) in [6, 6.07) is 3.70. The van der Waals surface area contributed by atoms with Gasteiger partial charge in [-0.3, -0.25) is 10.1 Å². The average Bonchev–Trinajstić information content (AvgIpc) is 2.37. The monoisotopic (exact) mass is 317 g/mol. The Bertz CT molecular complexity index is 603. The van der Waals surface area contributed by atoms with Crippen LogP contribution < -0.4 is 10.5 Å². The number of anilines is 1. The number of nitro groups is 1. The summed E-state index contributed by atoms with van der Waals surface area (Å²) in [5.41, 5.74) is -0.101. The number of rotatable bonds is 8. The van der Waals surface area contributed by atoms with Crippen molar-refractivity contribution in [1.29, 1.82) is 0 Å². The first-order chi connectivity index (χ1) is 9.75. The number of benzene rings is 1. The molecule has 0 bridgehead atoms. The number of aliphatic hydroxyl groups is 1. The molecule has 0 amide bonds. The number of nitrogens with zero attached hydrogens (tertiary/aromatic N) is 1. The molecule has 9 heteroatoms. The van der Waals surface area contributed by atoms with Crippen LogP contribution in [-0.2, 0) is 10.0 Å². The molecule has 4 N–H and O–H groups in total. The van der Waals surface area contributed by atoms with Crippen molar-refractivity contribution >= 4 is 21.4 Å². The molecule has 0 aliphatic rings. The van der Waals surface area contributed by atoms with Gasteiger partial charge in [0.15, 0.2) is 4.90 Å². The van der Waals surface area contributed by atoms with E-state index in [9.17, 15) is 18.5 Å². The third-order valence-corrected chi connectivity index (χ3v) is 4.01. The van der Waals surface area contributed by atoms with Crippen molar-refractivity contribution in [1.82, 2.24) is 0 Å². The predicted molar refractivity (Wildman–Crippen MR) is 78.4 cm³/mol. The van der Waals surface area contributed by atoms with Crippen LogP contribution in [0.4, 0.5) is 11.4 Å². The third kappa shape index (κ3) is 5.29. The maximum Gasteiger partial charge on any atom is 0.291 e. The fraction of sp³-hybridized carbons (Fsp3) is 0.500. The standard InChI is InChI=1S/C12H19N3O5S/c1-9(5-7-16)4-6-14-10-2-3-12(21(13,19)20)11(8-10)15(17)18/h2-3,8-9,14,16H,4-7H2,1H3,(H2,13,19,20). The molecule has 0 saturated carbocycles. The van der Waals surface area contributed by atoms with E-state index < -0.39 is 25.5 Å². The molecule has 1 rings (SSSR count). The Balaban J connectivity index is 2.83. The van der Waals surface area contributed by atoms with E-state index >= 15 is 0 Å². The maximum atomic E-state index is 11.3. The minimum atomic E-state index is -4.13. The fourth-order valence-electron chi connectivity index (χ4n) is 1.84. The zero-order chi connectivity index (χ0) is 16.0. The summed E-state index contributed by atoms with van der Waals surface area (Å²) in [7, 11) is -4.13. The van der Waals surface area contributed by atoms with Gasteiger partial charge in [0.1, 0.15) is 0 Å². The van der Waals surface area contributed by atoms with Gasteiger partial charge < -0.3 is 10.4 Å². The minimum Gasteiger partial charge on any atom is -0.396 e. The van der Waals surface area contributed by atoms with E-state index in [0.717, 1.165) is 18.6 Å². The number of hydrogen-bond donors (Lipinski definition) is 3. The number of primary sulfonamides is 1. The number of hydrogen-bond acceptors (Lipinski definition) is 6. The number of nitro benzene ring substituents is 1. The van der Waals surface area contributed by atoms with Gasteiger partial charge in [0, 0.05) is 24.9 Å². The molecular weight excluding hydrogens is 298 g/mol. The lowest BCUT2D eigenvalue weighted by atomic mass is 10.0. The summed E-state index contributed by atoms with van der Waals surface area (Å²) < 4.78 is 22.5. The highest BCUT2D eigenvalue weighted by Gasteiger charge is 2.22. The SMILES string of the molecule is CC(CCO)CCNc1ccc(S(N)(=O)=O)c([N+](=O)[O-])c1. The quantitative estimate of drug-likeness (QED) is 0.484. The molecule has 8 nitrogen and oxygen atoms in total. The van der Waals surface area contributed by atoms with Gasteiger partial charge in [-0.1, -0.05) is 6.92 Å². The van der Waals surface area contributed by atoms with E-state index in [2.05, 4.69) is 5.32 Å². The number of aliphatic hydroxyl groups excluding tert-OH is 1. The Hall–Kier alpha value is -1.71. The lowest BCUT2D eigenvalue weighted by Gasteiger charge is -2.11.